The SMILES string of the molecule is CCCCCCCCc1ccc(-c2ccc(OC(=O)OC(C)C(F)(F)F)c(F)c2F)cc1. The molecule has 1 unspecified atom stereocenters. The van der Waals surface area contributed by atoms with Gasteiger partial charge in [0.15, 0.2) is 17.7 Å². The lowest BCUT2D eigenvalue weighted by Gasteiger charge is -2.16. The molecular formula is C24H27F5O3. The monoisotopic (exact) mass is 458 g/mol. The summed E-state index contributed by atoms with van der Waals surface area (Å²) in [6, 6.07) is 9.20. The van der Waals surface area contributed by atoms with E-state index in [4.69, 9.17) is 0 Å². The molecule has 0 heterocycles. The molecule has 0 aliphatic heterocycles. The Morgan fingerprint density at radius 2 is 1.53 bits per heavy atom. The number of unbranched alkanes of at least 4 members (excludes halogenated alkanes) is 5. The van der Waals surface area contributed by atoms with Crippen LogP contribution in [0.4, 0.5) is 26.7 Å². The Bertz CT molecular complexity index is 878. The maximum atomic E-state index is 14.5. The van der Waals surface area contributed by atoms with Gasteiger partial charge in [0.05, 0.1) is 0 Å². The highest BCUT2D eigenvalue weighted by atomic mass is 19.4. The fourth-order valence-corrected chi connectivity index (χ4v) is 3.12. The van der Waals surface area contributed by atoms with E-state index in [2.05, 4.69) is 16.4 Å². The second kappa shape index (κ2) is 11.8. The average molecular weight is 458 g/mol. The normalized spacial score (nSPS) is 12.5. The minimum absolute atomic E-state index is 0.0574. The number of carbonyl (C=O) groups is 1. The lowest BCUT2D eigenvalue weighted by molar-refractivity contribution is -0.200. The van der Waals surface area contributed by atoms with Gasteiger partial charge in [-0.3, -0.25) is 0 Å². The third-order valence-corrected chi connectivity index (χ3v) is 5.06. The van der Waals surface area contributed by atoms with Crippen molar-refractivity contribution in [2.75, 3.05) is 0 Å². The fraction of sp³-hybridized carbons (Fsp3) is 0.458. The molecule has 176 valence electrons. The van der Waals surface area contributed by atoms with Crippen molar-refractivity contribution >= 4 is 6.16 Å². The number of rotatable bonds is 10. The standard InChI is InChI=1S/C24H27F5O3/c1-3-4-5-6-7-8-9-17-10-12-18(13-11-17)19-14-15-20(22(26)21(19)25)32-23(30)31-16(2)24(27,28)29/h10-16H,3-9H2,1-2H3. The molecule has 8 heteroatoms. The highest BCUT2D eigenvalue weighted by Crippen LogP contribution is 2.31. The van der Waals surface area contributed by atoms with Gasteiger partial charge in [-0.1, -0.05) is 63.3 Å². The zero-order chi connectivity index (χ0) is 23.7. The van der Waals surface area contributed by atoms with E-state index in [9.17, 15) is 26.7 Å². The van der Waals surface area contributed by atoms with Crippen molar-refractivity contribution in [2.45, 2.75) is 71.1 Å². The average Bonchev–Trinajstić information content (AvgIpc) is 2.74. The number of alkyl halides is 3. The van der Waals surface area contributed by atoms with Crippen LogP contribution in [-0.4, -0.2) is 18.4 Å². The minimum Gasteiger partial charge on any atom is -0.421 e. The topological polar surface area (TPSA) is 35.5 Å². The Kier molecular flexibility index (Phi) is 9.47. The first-order chi connectivity index (χ1) is 15.1. The Morgan fingerprint density at radius 3 is 2.16 bits per heavy atom. The van der Waals surface area contributed by atoms with E-state index in [0.717, 1.165) is 30.9 Å². The summed E-state index contributed by atoms with van der Waals surface area (Å²) in [5.41, 5.74) is 1.46. The van der Waals surface area contributed by atoms with Gasteiger partial charge < -0.3 is 9.47 Å². The predicted molar refractivity (Wildman–Crippen MR) is 112 cm³/mol. The Balaban J connectivity index is 1.99. The van der Waals surface area contributed by atoms with Gasteiger partial charge in [-0.25, -0.2) is 9.18 Å². The number of ether oxygens (including phenoxy) is 2. The van der Waals surface area contributed by atoms with Gasteiger partial charge in [-0.15, -0.1) is 0 Å². The molecule has 0 bridgehead atoms. The number of carbonyl (C=O) groups excluding carboxylic acids is 1. The largest absolute Gasteiger partial charge is 0.514 e. The first-order valence-corrected chi connectivity index (χ1v) is 10.7. The molecule has 0 fully saturated rings. The van der Waals surface area contributed by atoms with Crippen LogP contribution < -0.4 is 4.74 Å². The van der Waals surface area contributed by atoms with Crippen molar-refractivity contribution in [2.24, 2.45) is 0 Å². The molecule has 0 saturated carbocycles. The first kappa shape index (κ1) is 25.6. The number of hydrogen-bond acceptors (Lipinski definition) is 3. The molecule has 2 aromatic carbocycles. The smallest absolute Gasteiger partial charge is 0.421 e. The molecule has 0 radical (unpaired) electrons. The Hall–Kier alpha value is -2.64. The molecule has 0 spiro atoms. The van der Waals surface area contributed by atoms with Gasteiger partial charge in [-0.2, -0.15) is 17.6 Å². The number of hydrogen-bond donors (Lipinski definition) is 0. The summed E-state index contributed by atoms with van der Waals surface area (Å²) < 4.78 is 74.5. The third-order valence-electron chi connectivity index (χ3n) is 5.06. The number of aryl methyl sites for hydroxylation is 1. The molecule has 32 heavy (non-hydrogen) atoms. The molecule has 0 aliphatic rings. The van der Waals surface area contributed by atoms with Crippen molar-refractivity contribution in [1.29, 1.82) is 0 Å². The quantitative estimate of drug-likeness (QED) is 0.157. The highest BCUT2D eigenvalue weighted by molar-refractivity contribution is 5.68. The van der Waals surface area contributed by atoms with Crippen LogP contribution in [0.25, 0.3) is 11.1 Å². The maximum absolute atomic E-state index is 14.5. The van der Waals surface area contributed by atoms with Crippen LogP contribution in [0.2, 0.25) is 0 Å². The van der Waals surface area contributed by atoms with E-state index in [1.807, 2.05) is 12.1 Å². The molecular weight excluding hydrogens is 431 g/mol. The third kappa shape index (κ3) is 7.50. The zero-order valence-electron chi connectivity index (χ0n) is 18.1. The van der Waals surface area contributed by atoms with Crippen molar-refractivity contribution in [3.8, 4) is 16.9 Å². The van der Waals surface area contributed by atoms with Crippen molar-refractivity contribution in [3.63, 3.8) is 0 Å². The molecule has 0 saturated heterocycles. The molecule has 2 aromatic rings. The van der Waals surface area contributed by atoms with Crippen LogP contribution in [0.5, 0.6) is 5.75 Å². The van der Waals surface area contributed by atoms with Crippen LogP contribution in [0.15, 0.2) is 36.4 Å². The predicted octanol–water partition coefficient (Wildman–Crippen LogP) is 8.00. The van der Waals surface area contributed by atoms with Gasteiger partial charge in [0.2, 0.25) is 5.82 Å². The molecule has 2 rings (SSSR count). The lowest BCUT2D eigenvalue weighted by atomic mass is 10.00. The van der Waals surface area contributed by atoms with Crippen LogP contribution in [0.3, 0.4) is 0 Å². The fourth-order valence-electron chi connectivity index (χ4n) is 3.12. The van der Waals surface area contributed by atoms with E-state index in [0.29, 0.717) is 12.5 Å². The van der Waals surface area contributed by atoms with E-state index in [-0.39, 0.29) is 5.56 Å². The number of halogens is 5. The summed E-state index contributed by atoms with van der Waals surface area (Å²) in [6.45, 7) is 2.77. The van der Waals surface area contributed by atoms with E-state index in [1.54, 1.807) is 12.1 Å². The maximum Gasteiger partial charge on any atom is 0.514 e. The second-order valence-corrected chi connectivity index (χ2v) is 7.61. The van der Waals surface area contributed by atoms with E-state index in [1.165, 1.54) is 31.7 Å². The summed E-state index contributed by atoms with van der Waals surface area (Å²) >= 11 is 0. The van der Waals surface area contributed by atoms with Gasteiger partial charge in [0.1, 0.15) is 0 Å². The van der Waals surface area contributed by atoms with Gasteiger partial charge in [0.25, 0.3) is 0 Å². The second-order valence-electron chi connectivity index (χ2n) is 7.61. The van der Waals surface area contributed by atoms with Crippen molar-refractivity contribution in [1.82, 2.24) is 0 Å². The van der Waals surface area contributed by atoms with Gasteiger partial charge >= 0.3 is 12.3 Å². The summed E-state index contributed by atoms with van der Waals surface area (Å²) in [7, 11) is 0. The minimum atomic E-state index is -4.80. The Morgan fingerprint density at radius 1 is 0.906 bits per heavy atom. The number of benzene rings is 2. The van der Waals surface area contributed by atoms with Crippen LogP contribution >= 0.6 is 0 Å². The summed E-state index contributed by atoms with van der Waals surface area (Å²) in [4.78, 5) is 11.5. The van der Waals surface area contributed by atoms with Gasteiger partial charge in [0, 0.05) is 5.56 Å². The van der Waals surface area contributed by atoms with E-state index < -0.39 is 35.8 Å². The molecule has 1 atom stereocenters. The van der Waals surface area contributed by atoms with Crippen LogP contribution in [0, 0.1) is 11.6 Å². The zero-order valence-corrected chi connectivity index (χ0v) is 18.1. The molecule has 3 nitrogen and oxygen atoms in total. The lowest BCUT2D eigenvalue weighted by Crippen LogP contribution is -2.32. The van der Waals surface area contributed by atoms with Crippen molar-refractivity contribution < 1.29 is 36.2 Å². The first-order valence-electron chi connectivity index (χ1n) is 10.7. The van der Waals surface area contributed by atoms with Crippen LogP contribution in [0.1, 0.15) is 57.9 Å². The molecule has 0 N–H and O–H groups in total. The summed E-state index contributed by atoms with van der Waals surface area (Å²) in [6.07, 6.45) is -1.04. The summed E-state index contributed by atoms with van der Waals surface area (Å²) in [5.74, 6) is -3.62. The molecule has 0 aromatic heterocycles. The Labute approximate surface area is 184 Å². The van der Waals surface area contributed by atoms with Crippen molar-refractivity contribution in [3.05, 3.63) is 53.6 Å². The van der Waals surface area contributed by atoms with E-state index >= 15 is 0 Å². The van der Waals surface area contributed by atoms with Crippen LogP contribution in [-0.2, 0) is 11.2 Å². The summed E-state index contributed by atoms with van der Waals surface area (Å²) in [5, 5.41) is 0. The molecule has 0 amide bonds. The highest BCUT2D eigenvalue weighted by Gasteiger charge is 2.39. The molecule has 0 aliphatic carbocycles. The van der Waals surface area contributed by atoms with Gasteiger partial charge in [-0.05, 0) is 43.0 Å².